The van der Waals surface area contributed by atoms with Gasteiger partial charge in [-0.15, -0.1) is 11.6 Å². The van der Waals surface area contributed by atoms with Crippen LogP contribution >= 0.6 is 11.6 Å². The summed E-state index contributed by atoms with van der Waals surface area (Å²) in [5.74, 6) is 1.51. The van der Waals surface area contributed by atoms with E-state index in [9.17, 15) is 0 Å². The van der Waals surface area contributed by atoms with E-state index in [-0.39, 0.29) is 0 Å². The smallest absolute Gasteiger partial charge is 0.0258 e. The van der Waals surface area contributed by atoms with Crippen LogP contribution in [0.2, 0.25) is 0 Å². The maximum absolute atomic E-state index is 5.73. The molecule has 1 fully saturated rings. The molecule has 0 N–H and O–H groups in total. The van der Waals surface area contributed by atoms with Crippen LogP contribution in [0.15, 0.2) is 30.3 Å². The number of hydrogen-bond donors (Lipinski definition) is 0. The molecule has 0 atom stereocenters. The number of rotatable bonds is 4. The van der Waals surface area contributed by atoms with Gasteiger partial charge in [0.15, 0.2) is 0 Å². The van der Waals surface area contributed by atoms with Crippen molar-refractivity contribution in [2.45, 2.75) is 38.5 Å². The van der Waals surface area contributed by atoms with Gasteiger partial charge in [-0.1, -0.05) is 36.8 Å². The quantitative estimate of drug-likeness (QED) is 0.644. The van der Waals surface area contributed by atoms with E-state index >= 15 is 0 Å². The Hall–Kier alpha value is -0.750. The summed E-state index contributed by atoms with van der Waals surface area (Å²) in [6.45, 7) is 2.20. The maximum Gasteiger partial charge on any atom is 0.0258 e. The van der Waals surface area contributed by atoms with Crippen LogP contribution in [0.3, 0.4) is 0 Å². The van der Waals surface area contributed by atoms with Crippen LogP contribution in [0, 0.1) is 0 Å². The summed E-state index contributed by atoms with van der Waals surface area (Å²) >= 11 is 5.73. The normalized spacial score (nSPS) is 17.2. The molecule has 0 bridgehead atoms. The number of alkyl halides is 1. The zero-order chi connectivity index (χ0) is 11.4. The van der Waals surface area contributed by atoms with E-state index in [1.807, 2.05) is 0 Å². The third-order valence-corrected chi connectivity index (χ3v) is 3.71. The van der Waals surface area contributed by atoms with Gasteiger partial charge in [-0.25, -0.2) is 0 Å². The lowest BCUT2D eigenvalue weighted by atomic mass is 9.77. The van der Waals surface area contributed by atoms with Crippen LogP contribution in [-0.4, -0.2) is 5.88 Å². The van der Waals surface area contributed by atoms with Crippen molar-refractivity contribution >= 4 is 17.2 Å². The Labute approximate surface area is 103 Å². The van der Waals surface area contributed by atoms with Gasteiger partial charge in [0, 0.05) is 5.88 Å². The van der Waals surface area contributed by atoms with Crippen molar-refractivity contribution in [1.29, 1.82) is 0 Å². The van der Waals surface area contributed by atoms with Crippen LogP contribution in [0.25, 0.3) is 5.57 Å². The molecule has 1 aromatic rings. The third kappa shape index (κ3) is 2.49. The summed E-state index contributed by atoms with van der Waals surface area (Å²) in [6, 6.07) is 8.83. The molecule has 0 heterocycles. The number of allylic oxidation sites excluding steroid dienone is 2. The Balaban J connectivity index is 2.24. The third-order valence-electron chi connectivity index (χ3n) is 3.49. The summed E-state index contributed by atoms with van der Waals surface area (Å²) in [6.07, 6.45) is 7.33. The molecule has 0 aromatic heterocycles. The molecule has 0 amide bonds. The fraction of sp³-hybridized carbons (Fsp3) is 0.467. The molecule has 0 nitrogen and oxygen atoms in total. The van der Waals surface area contributed by atoms with E-state index < -0.39 is 0 Å². The SMILES string of the molecule is C/C(=C/CCCl)c1ccccc1C1CCC1. The van der Waals surface area contributed by atoms with Crippen LogP contribution in [0.1, 0.15) is 49.7 Å². The van der Waals surface area contributed by atoms with Gasteiger partial charge >= 0.3 is 0 Å². The molecule has 1 aliphatic carbocycles. The minimum Gasteiger partial charge on any atom is -0.126 e. The molecule has 0 aliphatic heterocycles. The molecule has 0 saturated heterocycles. The Kier molecular flexibility index (Phi) is 4.06. The summed E-state index contributed by atoms with van der Waals surface area (Å²) in [4.78, 5) is 0. The molecule has 2 rings (SSSR count). The fourth-order valence-corrected chi connectivity index (χ4v) is 2.42. The molecular formula is C15H19Cl. The van der Waals surface area contributed by atoms with Gasteiger partial charge in [-0.05, 0) is 48.8 Å². The minimum atomic E-state index is 0.711. The highest BCUT2D eigenvalue weighted by Crippen LogP contribution is 2.39. The average molecular weight is 235 g/mol. The molecule has 1 heteroatoms. The maximum atomic E-state index is 5.73. The molecule has 0 unspecified atom stereocenters. The van der Waals surface area contributed by atoms with Gasteiger partial charge in [-0.2, -0.15) is 0 Å². The van der Waals surface area contributed by atoms with E-state index in [0.717, 1.165) is 12.3 Å². The van der Waals surface area contributed by atoms with Gasteiger partial charge in [-0.3, -0.25) is 0 Å². The van der Waals surface area contributed by atoms with Crippen LogP contribution in [0.4, 0.5) is 0 Å². The first-order chi connectivity index (χ1) is 7.83. The van der Waals surface area contributed by atoms with Gasteiger partial charge in [0.05, 0.1) is 0 Å². The molecule has 1 aliphatic rings. The lowest BCUT2D eigenvalue weighted by Crippen LogP contribution is -2.10. The summed E-state index contributed by atoms with van der Waals surface area (Å²) < 4.78 is 0. The molecule has 1 aromatic carbocycles. The molecule has 0 radical (unpaired) electrons. The summed E-state index contributed by atoms with van der Waals surface area (Å²) in [5, 5.41) is 0. The Morgan fingerprint density at radius 1 is 1.38 bits per heavy atom. The number of benzene rings is 1. The second-order valence-electron chi connectivity index (χ2n) is 4.58. The highest BCUT2D eigenvalue weighted by Gasteiger charge is 2.21. The molecule has 16 heavy (non-hydrogen) atoms. The van der Waals surface area contributed by atoms with Crippen molar-refractivity contribution in [3.05, 3.63) is 41.5 Å². The van der Waals surface area contributed by atoms with Gasteiger partial charge in [0.25, 0.3) is 0 Å². The van der Waals surface area contributed by atoms with Crippen molar-refractivity contribution in [1.82, 2.24) is 0 Å². The Bertz CT molecular complexity index is 375. The van der Waals surface area contributed by atoms with E-state index in [1.165, 1.54) is 36.0 Å². The molecule has 86 valence electrons. The summed E-state index contributed by atoms with van der Waals surface area (Å²) in [5.41, 5.74) is 4.34. The zero-order valence-corrected chi connectivity index (χ0v) is 10.6. The van der Waals surface area contributed by atoms with Crippen molar-refractivity contribution in [2.75, 3.05) is 5.88 Å². The van der Waals surface area contributed by atoms with E-state index in [1.54, 1.807) is 0 Å². The van der Waals surface area contributed by atoms with Crippen LogP contribution in [0.5, 0.6) is 0 Å². The predicted octanol–water partition coefficient (Wildman–Crippen LogP) is 4.99. The second kappa shape index (κ2) is 5.54. The topological polar surface area (TPSA) is 0 Å². The zero-order valence-electron chi connectivity index (χ0n) is 9.88. The van der Waals surface area contributed by atoms with Crippen molar-refractivity contribution in [3.8, 4) is 0 Å². The first kappa shape index (κ1) is 11.7. The average Bonchev–Trinajstić information content (AvgIpc) is 2.24. The van der Waals surface area contributed by atoms with Crippen molar-refractivity contribution in [3.63, 3.8) is 0 Å². The lowest BCUT2D eigenvalue weighted by molar-refractivity contribution is 0.419. The van der Waals surface area contributed by atoms with Crippen LogP contribution in [-0.2, 0) is 0 Å². The molecule has 1 saturated carbocycles. The van der Waals surface area contributed by atoms with E-state index in [4.69, 9.17) is 11.6 Å². The fourth-order valence-electron chi connectivity index (χ4n) is 2.31. The highest BCUT2D eigenvalue weighted by atomic mass is 35.5. The molecule has 0 spiro atoms. The second-order valence-corrected chi connectivity index (χ2v) is 4.96. The first-order valence-electron chi connectivity index (χ1n) is 6.15. The van der Waals surface area contributed by atoms with Crippen LogP contribution < -0.4 is 0 Å². The Morgan fingerprint density at radius 3 is 2.75 bits per heavy atom. The van der Waals surface area contributed by atoms with Gasteiger partial charge < -0.3 is 0 Å². The Morgan fingerprint density at radius 2 is 2.12 bits per heavy atom. The lowest BCUT2D eigenvalue weighted by Gasteiger charge is -2.28. The molecular weight excluding hydrogens is 216 g/mol. The van der Waals surface area contributed by atoms with E-state index in [2.05, 4.69) is 37.3 Å². The van der Waals surface area contributed by atoms with Crippen molar-refractivity contribution in [2.24, 2.45) is 0 Å². The van der Waals surface area contributed by atoms with Crippen molar-refractivity contribution < 1.29 is 0 Å². The first-order valence-corrected chi connectivity index (χ1v) is 6.68. The highest BCUT2D eigenvalue weighted by molar-refractivity contribution is 6.17. The minimum absolute atomic E-state index is 0.711. The number of halogens is 1. The van der Waals surface area contributed by atoms with Gasteiger partial charge in [0.1, 0.15) is 0 Å². The van der Waals surface area contributed by atoms with Gasteiger partial charge in [0.2, 0.25) is 0 Å². The monoisotopic (exact) mass is 234 g/mol. The number of hydrogen-bond acceptors (Lipinski definition) is 0. The largest absolute Gasteiger partial charge is 0.126 e. The standard InChI is InChI=1S/C15H19Cl/c1-12(6-5-11-16)14-9-2-3-10-15(14)13-7-4-8-13/h2-3,6,9-10,13H,4-5,7-8,11H2,1H3/b12-6-. The predicted molar refractivity (Wildman–Crippen MR) is 72.0 cm³/mol. The van der Waals surface area contributed by atoms with E-state index in [0.29, 0.717) is 5.88 Å². The summed E-state index contributed by atoms with van der Waals surface area (Å²) in [7, 11) is 0.